The smallest absolute Gasteiger partial charge is 0.256 e. The number of halogens is 2. The van der Waals surface area contributed by atoms with Crippen LogP contribution in [0.5, 0.6) is 0 Å². The van der Waals surface area contributed by atoms with Crippen molar-refractivity contribution < 1.29 is 14.3 Å². The van der Waals surface area contributed by atoms with Crippen LogP contribution >= 0.6 is 11.6 Å². The van der Waals surface area contributed by atoms with Crippen LogP contribution < -0.4 is 0 Å². The van der Waals surface area contributed by atoms with Crippen LogP contribution in [0.3, 0.4) is 0 Å². The molecule has 1 N–H and O–H groups in total. The quantitative estimate of drug-likeness (QED) is 0.912. The number of aliphatic hydroxyl groups is 1. The minimum absolute atomic E-state index is 0.0288. The summed E-state index contributed by atoms with van der Waals surface area (Å²) in [7, 11) is 0. The molecule has 1 saturated carbocycles. The average molecular weight is 298 g/mol. The van der Waals surface area contributed by atoms with E-state index in [0.29, 0.717) is 18.1 Å². The van der Waals surface area contributed by atoms with Crippen LogP contribution in [-0.4, -0.2) is 34.6 Å². The Bertz CT molecular complexity index is 537. The lowest BCUT2D eigenvalue weighted by Crippen LogP contribution is -2.42. The highest BCUT2D eigenvalue weighted by Gasteiger charge is 2.48. The first kappa shape index (κ1) is 13.8. The second kappa shape index (κ2) is 5.01. The van der Waals surface area contributed by atoms with E-state index in [2.05, 4.69) is 0 Å². The maximum atomic E-state index is 13.7. The van der Waals surface area contributed by atoms with Gasteiger partial charge in [-0.3, -0.25) is 4.79 Å². The van der Waals surface area contributed by atoms with Crippen molar-refractivity contribution in [2.75, 3.05) is 13.1 Å². The van der Waals surface area contributed by atoms with Crippen LogP contribution in [0.15, 0.2) is 18.2 Å². The number of carbonyl (C=O) groups is 1. The first-order valence-corrected chi connectivity index (χ1v) is 7.34. The summed E-state index contributed by atoms with van der Waals surface area (Å²) >= 11 is 5.82. The zero-order chi connectivity index (χ0) is 14.3. The Balaban J connectivity index is 1.68. The molecule has 0 radical (unpaired) electrons. The van der Waals surface area contributed by atoms with E-state index in [0.717, 1.165) is 25.7 Å². The maximum absolute atomic E-state index is 13.7. The van der Waals surface area contributed by atoms with Crippen LogP contribution in [-0.2, 0) is 0 Å². The van der Waals surface area contributed by atoms with Crippen molar-refractivity contribution in [2.24, 2.45) is 5.92 Å². The molecule has 2 aliphatic rings. The molecule has 1 aliphatic heterocycles. The van der Waals surface area contributed by atoms with Gasteiger partial charge >= 0.3 is 0 Å². The fraction of sp³-hybridized carbons (Fsp3) is 0.533. The topological polar surface area (TPSA) is 40.5 Å². The number of hydrogen-bond donors (Lipinski definition) is 1. The van der Waals surface area contributed by atoms with E-state index >= 15 is 0 Å². The lowest BCUT2D eigenvalue weighted by Gasteiger charge is -2.34. The van der Waals surface area contributed by atoms with Crippen molar-refractivity contribution in [1.82, 2.24) is 4.90 Å². The van der Waals surface area contributed by atoms with Crippen molar-refractivity contribution in [3.8, 4) is 0 Å². The van der Waals surface area contributed by atoms with Gasteiger partial charge in [0.05, 0.1) is 11.2 Å². The number of nitrogens with zero attached hydrogens (tertiary/aromatic N) is 1. The number of likely N-dealkylation sites (tertiary alicyclic amines) is 1. The monoisotopic (exact) mass is 297 g/mol. The van der Waals surface area contributed by atoms with E-state index < -0.39 is 11.4 Å². The molecule has 0 bridgehead atoms. The lowest BCUT2D eigenvalue weighted by atomic mass is 9.89. The molecule has 3 rings (SSSR count). The van der Waals surface area contributed by atoms with Gasteiger partial charge in [-0.2, -0.15) is 0 Å². The van der Waals surface area contributed by atoms with Gasteiger partial charge in [0.25, 0.3) is 5.91 Å². The number of piperidine rings is 1. The molecule has 0 spiro atoms. The highest BCUT2D eigenvalue weighted by Crippen LogP contribution is 2.46. The Hall–Kier alpha value is -1.13. The molecule has 20 heavy (non-hydrogen) atoms. The summed E-state index contributed by atoms with van der Waals surface area (Å²) < 4.78 is 13.7. The zero-order valence-corrected chi connectivity index (χ0v) is 11.9. The molecule has 108 valence electrons. The second-order valence-corrected chi connectivity index (χ2v) is 6.23. The summed E-state index contributed by atoms with van der Waals surface area (Å²) in [5.74, 6) is -0.579. The SMILES string of the molecule is O=C(c1cc(Cl)ccc1F)N1CCC(C2(O)CC2)CC1. The molecular weight excluding hydrogens is 281 g/mol. The van der Waals surface area contributed by atoms with Crippen molar-refractivity contribution in [3.05, 3.63) is 34.6 Å². The molecule has 1 aromatic rings. The molecule has 1 saturated heterocycles. The Morgan fingerprint density at radius 2 is 2.00 bits per heavy atom. The largest absolute Gasteiger partial charge is 0.390 e. The minimum atomic E-state index is -0.539. The highest BCUT2D eigenvalue weighted by molar-refractivity contribution is 6.31. The maximum Gasteiger partial charge on any atom is 0.256 e. The minimum Gasteiger partial charge on any atom is -0.390 e. The van der Waals surface area contributed by atoms with Gasteiger partial charge in [0.2, 0.25) is 0 Å². The van der Waals surface area contributed by atoms with Crippen LogP contribution in [0.25, 0.3) is 0 Å². The fourth-order valence-corrected chi connectivity index (χ4v) is 3.16. The summed E-state index contributed by atoms with van der Waals surface area (Å²) in [5, 5.41) is 10.5. The zero-order valence-electron chi connectivity index (χ0n) is 11.1. The lowest BCUT2D eigenvalue weighted by molar-refractivity contribution is 0.0338. The standard InChI is InChI=1S/C15H17ClFNO2/c16-11-1-2-13(17)12(9-11)14(19)18-7-3-10(4-8-18)15(20)5-6-15/h1-2,9-10,20H,3-8H2. The Morgan fingerprint density at radius 1 is 1.35 bits per heavy atom. The predicted molar refractivity (Wildman–Crippen MR) is 74.2 cm³/mol. The van der Waals surface area contributed by atoms with E-state index in [1.54, 1.807) is 4.90 Å². The van der Waals surface area contributed by atoms with Gasteiger partial charge in [-0.25, -0.2) is 4.39 Å². The Morgan fingerprint density at radius 3 is 2.60 bits per heavy atom. The molecule has 1 heterocycles. The molecule has 3 nitrogen and oxygen atoms in total. The van der Waals surface area contributed by atoms with Gasteiger partial charge in [0, 0.05) is 18.1 Å². The first-order valence-electron chi connectivity index (χ1n) is 6.96. The third-order valence-electron chi connectivity index (χ3n) is 4.46. The van der Waals surface area contributed by atoms with Gasteiger partial charge in [-0.15, -0.1) is 0 Å². The van der Waals surface area contributed by atoms with Crippen LogP contribution in [0.4, 0.5) is 4.39 Å². The molecule has 2 fully saturated rings. The molecule has 0 atom stereocenters. The Kier molecular flexibility index (Phi) is 3.46. The fourth-order valence-electron chi connectivity index (χ4n) is 2.99. The van der Waals surface area contributed by atoms with E-state index in [4.69, 9.17) is 11.6 Å². The summed E-state index contributed by atoms with van der Waals surface area (Å²) in [4.78, 5) is 14.0. The molecule has 1 aliphatic carbocycles. The molecule has 1 aromatic carbocycles. The van der Waals surface area contributed by atoms with Crippen LogP contribution in [0.2, 0.25) is 5.02 Å². The van der Waals surface area contributed by atoms with Crippen molar-refractivity contribution >= 4 is 17.5 Å². The summed E-state index contributed by atoms with van der Waals surface area (Å²) in [6.07, 6.45) is 3.30. The molecule has 1 amide bonds. The van der Waals surface area contributed by atoms with Crippen molar-refractivity contribution in [2.45, 2.75) is 31.3 Å². The normalized spacial score (nSPS) is 21.9. The molecule has 5 heteroatoms. The number of amides is 1. The molecular formula is C15H17ClFNO2. The van der Waals surface area contributed by atoms with E-state index in [-0.39, 0.29) is 17.4 Å². The van der Waals surface area contributed by atoms with Gasteiger partial charge in [0.15, 0.2) is 0 Å². The van der Waals surface area contributed by atoms with E-state index in [1.165, 1.54) is 18.2 Å². The van der Waals surface area contributed by atoms with Crippen molar-refractivity contribution in [3.63, 3.8) is 0 Å². The number of carbonyl (C=O) groups excluding carboxylic acids is 1. The van der Waals surface area contributed by atoms with Gasteiger partial charge in [-0.05, 0) is 49.8 Å². The number of rotatable bonds is 2. The van der Waals surface area contributed by atoms with Gasteiger partial charge in [-0.1, -0.05) is 11.6 Å². The summed E-state index contributed by atoms with van der Waals surface area (Å²) in [6.45, 7) is 1.13. The van der Waals surface area contributed by atoms with E-state index in [9.17, 15) is 14.3 Å². The average Bonchev–Trinajstić information content (AvgIpc) is 3.20. The third-order valence-corrected chi connectivity index (χ3v) is 4.70. The molecule has 0 unspecified atom stereocenters. The summed E-state index contributed by atoms with van der Waals surface area (Å²) in [5.41, 5.74) is -0.461. The number of hydrogen-bond acceptors (Lipinski definition) is 2. The molecule has 0 aromatic heterocycles. The summed E-state index contributed by atoms with van der Waals surface area (Å²) in [6, 6.07) is 4.03. The van der Waals surface area contributed by atoms with Crippen LogP contribution in [0, 0.1) is 11.7 Å². The second-order valence-electron chi connectivity index (χ2n) is 5.79. The first-order chi connectivity index (χ1) is 9.49. The van der Waals surface area contributed by atoms with Crippen LogP contribution in [0.1, 0.15) is 36.0 Å². The Labute approximate surface area is 122 Å². The van der Waals surface area contributed by atoms with Gasteiger partial charge in [0.1, 0.15) is 5.82 Å². The number of benzene rings is 1. The van der Waals surface area contributed by atoms with Gasteiger partial charge < -0.3 is 10.0 Å². The van der Waals surface area contributed by atoms with E-state index in [1.807, 2.05) is 0 Å². The van der Waals surface area contributed by atoms with Crippen molar-refractivity contribution in [1.29, 1.82) is 0 Å². The highest BCUT2D eigenvalue weighted by atomic mass is 35.5. The predicted octanol–water partition coefficient (Wildman–Crippen LogP) is 2.86. The third kappa shape index (κ3) is 2.54.